The number of rotatable bonds is 10. The highest BCUT2D eigenvalue weighted by Gasteiger charge is 2.20. The van der Waals surface area contributed by atoms with Gasteiger partial charge in [0.15, 0.2) is 22.7 Å². The molecule has 0 amide bonds. The van der Waals surface area contributed by atoms with Crippen molar-refractivity contribution in [1.29, 1.82) is 0 Å². The summed E-state index contributed by atoms with van der Waals surface area (Å²) in [5, 5.41) is 0. The second-order valence-corrected chi connectivity index (χ2v) is 7.95. The Morgan fingerprint density at radius 2 is 1.68 bits per heavy atom. The third kappa shape index (κ3) is 4.78. The zero-order chi connectivity index (χ0) is 25.0. The lowest BCUT2D eigenvalue weighted by Crippen LogP contribution is -2.39. The third-order valence-corrected chi connectivity index (χ3v) is 5.65. The molecule has 0 bridgehead atoms. The van der Waals surface area contributed by atoms with Gasteiger partial charge in [0.25, 0.3) is 5.56 Å². The number of esters is 1. The number of ether oxygens (including phenoxy) is 4. The zero-order valence-electron chi connectivity index (χ0n) is 20.3. The molecule has 184 valence electrons. The Morgan fingerprint density at radius 1 is 1.03 bits per heavy atom. The van der Waals surface area contributed by atoms with E-state index in [-0.39, 0.29) is 23.8 Å². The lowest BCUT2D eigenvalue weighted by molar-refractivity contribution is 0.0318. The summed E-state index contributed by atoms with van der Waals surface area (Å²) in [6.07, 6.45) is 2.94. The van der Waals surface area contributed by atoms with Gasteiger partial charge < -0.3 is 23.5 Å². The van der Waals surface area contributed by atoms with Gasteiger partial charge in [0.1, 0.15) is 0 Å². The van der Waals surface area contributed by atoms with E-state index in [9.17, 15) is 14.4 Å². The largest absolute Gasteiger partial charge is 0.493 e. The number of methoxy groups -OCH3 is 3. The maximum Gasteiger partial charge on any atom is 0.338 e. The van der Waals surface area contributed by atoms with Crippen molar-refractivity contribution < 1.29 is 23.7 Å². The molecule has 0 saturated carbocycles. The Labute approximate surface area is 196 Å². The van der Waals surface area contributed by atoms with Crippen LogP contribution in [0.4, 0.5) is 0 Å². The number of carbonyl (C=O) groups is 1. The molecule has 0 unspecified atom stereocenters. The molecule has 0 aliphatic heterocycles. The molecule has 34 heavy (non-hydrogen) atoms. The van der Waals surface area contributed by atoms with E-state index in [1.54, 1.807) is 25.6 Å². The fraction of sp³-hybridized carbons (Fsp3) is 0.478. The van der Waals surface area contributed by atoms with Gasteiger partial charge >= 0.3 is 11.7 Å². The van der Waals surface area contributed by atoms with Gasteiger partial charge in [0, 0.05) is 20.6 Å². The number of imidazole rings is 1. The Kier molecular flexibility index (Phi) is 7.64. The molecule has 0 aliphatic rings. The molecule has 0 N–H and O–H groups in total. The Morgan fingerprint density at radius 3 is 2.26 bits per heavy atom. The van der Waals surface area contributed by atoms with Crippen LogP contribution in [0.25, 0.3) is 11.2 Å². The third-order valence-electron chi connectivity index (χ3n) is 5.65. The van der Waals surface area contributed by atoms with Crippen LogP contribution in [0.5, 0.6) is 17.2 Å². The number of carbonyl (C=O) groups excluding carboxylic acids is 1. The number of hydrogen-bond acceptors (Lipinski definition) is 8. The second-order valence-electron chi connectivity index (χ2n) is 7.95. The second kappa shape index (κ2) is 10.4. The van der Waals surface area contributed by atoms with Gasteiger partial charge in [-0.05, 0) is 38.3 Å². The highest BCUT2D eigenvalue weighted by molar-refractivity contribution is 5.91. The number of aromatic nitrogens is 4. The maximum atomic E-state index is 12.8. The maximum absolute atomic E-state index is 12.8. The number of unbranched alkanes of at least 4 members (excludes halogenated alkanes) is 1. The summed E-state index contributed by atoms with van der Waals surface area (Å²) in [6.45, 7) is 2.06. The summed E-state index contributed by atoms with van der Waals surface area (Å²) in [6, 6.07) is 3.07. The van der Waals surface area contributed by atoms with Crippen molar-refractivity contribution in [3.05, 3.63) is 44.9 Å². The van der Waals surface area contributed by atoms with Crippen molar-refractivity contribution in [2.75, 3.05) is 21.3 Å². The van der Waals surface area contributed by atoms with Crippen LogP contribution >= 0.6 is 0 Å². The average molecular weight is 475 g/mol. The predicted octanol–water partition coefficient (Wildman–Crippen LogP) is 1.88. The molecular weight excluding hydrogens is 444 g/mol. The first-order chi connectivity index (χ1) is 16.2. The summed E-state index contributed by atoms with van der Waals surface area (Å²) < 4.78 is 25.6. The van der Waals surface area contributed by atoms with Crippen LogP contribution in [0.15, 0.2) is 28.0 Å². The van der Waals surface area contributed by atoms with E-state index in [0.29, 0.717) is 47.7 Å². The SMILES string of the molecule is COc1cc(C(=O)O[C@H](C)CCCCn2c(=O)c3c(ncn3C)n(C)c2=O)cc(OC)c1OC. The van der Waals surface area contributed by atoms with Crippen LogP contribution in [0.2, 0.25) is 0 Å². The molecule has 0 aliphatic carbocycles. The quantitative estimate of drug-likeness (QED) is 0.323. The Bertz CT molecular complexity index is 1280. The van der Waals surface area contributed by atoms with Crippen LogP contribution < -0.4 is 25.5 Å². The van der Waals surface area contributed by atoms with Crippen molar-refractivity contribution in [3.63, 3.8) is 0 Å². The minimum Gasteiger partial charge on any atom is -0.493 e. The van der Waals surface area contributed by atoms with Gasteiger partial charge in [0.05, 0.1) is 39.3 Å². The lowest BCUT2D eigenvalue weighted by atomic mass is 10.1. The fourth-order valence-electron chi connectivity index (χ4n) is 3.80. The first kappa shape index (κ1) is 24.9. The molecule has 0 fully saturated rings. The molecular formula is C23H30N4O7. The number of nitrogens with zero attached hydrogens (tertiary/aromatic N) is 4. The van der Waals surface area contributed by atoms with E-state index >= 15 is 0 Å². The van der Waals surface area contributed by atoms with Crippen LogP contribution in [0.1, 0.15) is 36.5 Å². The summed E-state index contributed by atoms with van der Waals surface area (Å²) in [7, 11) is 7.74. The fourth-order valence-corrected chi connectivity index (χ4v) is 3.80. The molecule has 2 heterocycles. The summed E-state index contributed by atoms with van der Waals surface area (Å²) in [5.41, 5.74) is 0.259. The van der Waals surface area contributed by atoms with E-state index in [1.165, 1.54) is 48.9 Å². The molecule has 0 spiro atoms. The summed E-state index contributed by atoms with van der Waals surface area (Å²) >= 11 is 0. The van der Waals surface area contributed by atoms with E-state index in [0.717, 1.165) is 0 Å². The molecule has 1 atom stereocenters. The smallest absolute Gasteiger partial charge is 0.338 e. The number of aryl methyl sites for hydroxylation is 2. The van der Waals surface area contributed by atoms with Crippen molar-refractivity contribution >= 4 is 17.1 Å². The van der Waals surface area contributed by atoms with Crippen molar-refractivity contribution in [1.82, 2.24) is 18.7 Å². The van der Waals surface area contributed by atoms with E-state index < -0.39 is 11.7 Å². The first-order valence-electron chi connectivity index (χ1n) is 10.8. The van der Waals surface area contributed by atoms with Crippen LogP contribution in [-0.2, 0) is 25.4 Å². The van der Waals surface area contributed by atoms with Crippen molar-refractivity contribution in [2.24, 2.45) is 14.1 Å². The van der Waals surface area contributed by atoms with E-state index in [4.69, 9.17) is 18.9 Å². The molecule has 11 heteroatoms. The molecule has 3 rings (SSSR count). The molecule has 1 aromatic carbocycles. The van der Waals surface area contributed by atoms with Crippen LogP contribution in [0.3, 0.4) is 0 Å². The van der Waals surface area contributed by atoms with Crippen LogP contribution in [0, 0.1) is 0 Å². The summed E-state index contributed by atoms with van der Waals surface area (Å²) in [5.74, 6) is 0.594. The monoisotopic (exact) mass is 474 g/mol. The van der Waals surface area contributed by atoms with Gasteiger partial charge in [-0.3, -0.25) is 13.9 Å². The van der Waals surface area contributed by atoms with Gasteiger partial charge in [-0.1, -0.05) is 0 Å². The number of fused-ring (bicyclic) bond motifs is 1. The van der Waals surface area contributed by atoms with Gasteiger partial charge in [-0.25, -0.2) is 14.6 Å². The zero-order valence-corrected chi connectivity index (χ0v) is 20.3. The Hall–Kier alpha value is -3.76. The van der Waals surface area contributed by atoms with E-state index in [2.05, 4.69) is 4.98 Å². The molecule has 3 aromatic rings. The summed E-state index contributed by atoms with van der Waals surface area (Å²) in [4.78, 5) is 42.1. The van der Waals surface area contributed by atoms with Crippen LogP contribution in [-0.4, -0.2) is 52.1 Å². The van der Waals surface area contributed by atoms with Gasteiger partial charge in [0.2, 0.25) is 5.75 Å². The van der Waals surface area contributed by atoms with Crippen molar-refractivity contribution in [2.45, 2.75) is 38.8 Å². The molecule has 11 nitrogen and oxygen atoms in total. The standard InChI is InChI=1S/C23H30N4O7/c1-14(34-22(29)15-11-16(31-4)19(33-6)17(12-15)32-5)9-7-8-10-27-21(28)18-20(24-13-25(18)2)26(3)23(27)30/h11-14H,7-10H2,1-6H3/t14-/m1/s1. The first-order valence-corrected chi connectivity index (χ1v) is 10.8. The normalized spacial score (nSPS) is 11.9. The van der Waals surface area contributed by atoms with Gasteiger partial charge in [-0.15, -0.1) is 0 Å². The van der Waals surface area contributed by atoms with Gasteiger partial charge in [-0.2, -0.15) is 0 Å². The Balaban J connectivity index is 1.61. The van der Waals surface area contributed by atoms with Crippen molar-refractivity contribution in [3.8, 4) is 17.2 Å². The minimum absolute atomic E-state index is 0.264. The lowest BCUT2D eigenvalue weighted by Gasteiger charge is -2.16. The molecule has 0 radical (unpaired) electrons. The predicted molar refractivity (Wildman–Crippen MR) is 125 cm³/mol. The molecule has 0 saturated heterocycles. The number of benzene rings is 1. The topological polar surface area (TPSA) is 116 Å². The van der Waals surface area contributed by atoms with E-state index in [1.807, 2.05) is 0 Å². The highest BCUT2D eigenvalue weighted by Crippen LogP contribution is 2.38. The molecule has 2 aromatic heterocycles. The highest BCUT2D eigenvalue weighted by atomic mass is 16.5. The average Bonchev–Trinajstić information content (AvgIpc) is 3.22. The number of hydrogen-bond donors (Lipinski definition) is 0. The minimum atomic E-state index is -0.515.